The zero-order valence-corrected chi connectivity index (χ0v) is 17.2. The summed E-state index contributed by atoms with van der Waals surface area (Å²) in [6.07, 6.45) is 2.43. The van der Waals surface area contributed by atoms with E-state index in [2.05, 4.69) is 15.0 Å². The summed E-state index contributed by atoms with van der Waals surface area (Å²) in [5.41, 5.74) is 0.694. The van der Waals surface area contributed by atoms with Crippen molar-refractivity contribution in [1.29, 1.82) is 0 Å². The molecule has 1 amide bonds. The van der Waals surface area contributed by atoms with Crippen LogP contribution in [0.5, 0.6) is 11.5 Å². The van der Waals surface area contributed by atoms with Gasteiger partial charge >= 0.3 is 5.97 Å². The van der Waals surface area contributed by atoms with E-state index in [4.69, 9.17) is 9.47 Å². The van der Waals surface area contributed by atoms with E-state index in [0.29, 0.717) is 49.6 Å². The van der Waals surface area contributed by atoms with Gasteiger partial charge in [0, 0.05) is 25.1 Å². The molecule has 0 radical (unpaired) electrons. The van der Waals surface area contributed by atoms with Crippen LogP contribution in [0.2, 0.25) is 0 Å². The molecule has 10 nitrogen and oxygen atoms in total. The second-order valence-corrected chi connectivity index (χ2v) is 6.90. The van der Waals surface area contributed by atoms with Crippen molar-refractivity contribution in [2.24, 2.45) is 0 Å². The number of carbonyl (C=O) groups is 3. The maximum Gasteiger partial charge on any atom is 0.360 e. The number of benzene rings is 1. The quantitative estimate of drug-likeness (QED) is 0.343. The normalized spacial score (nSPS) is 13.5. The molecule has 30 heavy (non-hydrogen) atoms. The van der Waals surface area contributed by atoms with Crippen LogP contribution in [-0.4, -0.2) is 71.5 Å². The number of hydrogen-bond acceptors (Lipinski definition) is 8. The minimum absolute atomic E-state index is 0.000146. The maximum absolute atomic E-state index is 12.3. The van der Waals surface area contributed by atoms with E-state index in [1.54, 1.807) is 27.8 Å². The molecule has 0 aliphatic carbocycles. The summed E-state index contributed by atoms with van der Waals surface area (Å²) in [6, 6.07) is 5.01. The molecule has 160 valence electrons. The molecule has 1 aromatic carbocycles. The molecule has 1 aliphatic rings. The average molecular weight is 416 g/mol. The number of aromatic nitrogens is 3. The number of amides is 1. The molecular formula is C20H24N4O6. The molecule has 1 saturated heterocycles. The van der Waals surface area contributed by atoms with Gasteiger partial charge in [0.2, 0.25) is 5.91 Å². The van der Waals surface area contributed by atoms with Gasteiger partial charge in [-0.05, 0) is 31.5 Å². The third-order valence-electron chi connectivity index (χ3n) is 4.86. The molecular weight excluding hydrogens is 392 g/mol. The molecule has 0 unspecified atom stereocenters. The number of nitrogens with zero attached hydrogens (tertiary/aromatic N) is 4. The van der Waals surface area contributed by atoms with Gasteiger partial charge in [-0.15, -0.1) is 5.10 Å². The zero-order valence-electron chi connectivity index (χ0n) is 17.2. The van der Waals surface area contributed by atoms with E-state index >= 15 is 0 Å². The standard InChI is InChI=1S/C20H24N4O6/c1-13(25)14-6-7-17(18(9-14)28-2)30-8-4-5-19(26)23-10-15(11-23)24-12-16(21-22-24)20(27)29-3/h6-7,9,12,15H,4-5,8,10-11H2,1-3H3. The lowest BCUT2D eigenvalue weighted by Crippen LogP contribution is -2.50. The van der Waals surface area contributed by atoms with Gasteiger partial charge in [-0.25, -0.2) is 9.48 Å². The first-order valence-electron chi connectivity index (χ1n) is 9.52. The second-order valence-electron chi connectivity index (χ2n) is 6.90. The SMILES string of the molecule is COC(=O)c1cn(C2CN(C(=O)CCCOc3ccc(C(C)=O)cc3OC)C2)nn1. The van der Waals surface area contributed by atoms with Crippen molar-refractivity contribution < 1.29 is 28.6 Å². The molecule has 1 fully saturated rings. The van der Waals surface area contributed by atoms with E-state index < -0.39 is 5.97 Å². The second kappa shape index (κ2) is 9.38. The Morgan fingerprint density at radius 3 is 2.60 bits per heavy atom. The molecule has 3 rings (SSSR count). The van der Waals surface area contributed by atoms with Crippen LogP contribution in [0.4, 0.5) is 0 Å². The Bertz CT molecular complexity index is 935. The summed E-state index contributed by atoms with van der Waals surface area (Å²) < 4.78 is 17.1. The van der Waals surface area contributed by atoms with E-state index in [0.717, 1.165) is 0 Å². The molecule has 0 bridgehead atoms. The highest BCUT2D eigenvalue weighted by Crippen LogP contribution is 2.28. The molecule has 1 aromatic heterocycles. The fourth-order valence-corrected chi connectivity index (χ4v) is 3.05. The van der Waals surface area contributed by atoms with Crippen molar-refractivity contribution in [3.05, 3.63) is 35.7 Å². The van der Waals surface area contributed by atoms with Crippen LogP contribution in [0.3, 0.4) is 0 Å². The largest absolute Gasteiger partial charge is 0.493 e. The van der Waals surface area contributed by atoms with Crippen LogP contribution in [0.25, 0.3) is 0 Å². The van der Waals surface area contributed by atoms with Crippen molar-refractivity contribution in [3.8, 4) is 11.5 Å². The summed E-state index contributed by atoms with van der Waals surface area (Å²) in [5, 5.41) is 7.69. The van der Waals surface area contributed by atoms with Crippen molar-refractivity contribution in [2.75, 3.05) is 33.9 Å². The Morgan fingerprint density at radius 1 is 1.17 bits per heavy atom. The molecule has 0 atom stereocenters. The third kappa shape index (κ3) is 4.76. The number of hydrogen-bond donors (Lipinski definition) is 0. The van der Waals surface area contributed by atoms with Crippen molar-refractivity contribution in [3.63, 3.8) is 0 Å². The minimum atomic E-state index is -0.541. The Balaban J connectivity index is 1.40. The van der Waals surface area contributed by atoms with Crippen LogP contribution < -0.4 is 9.47 Å². The van der Waals surface area contributed by atoms with Crippen LogP contribution in [0, 0.1) is 0 Å². The first-order chi connectivity index (χ1) is 14.4. The monoisotopic (exact) mass is 416 g/mol. The predicted octanol–water partition coefficient (Wildman–Crippen LogP) is 1.52. The first-order valence-corrected chi connectivity index (χ1v) is 9.52. The predicted molar refractivity (Wildman–Crippen MR) is 105 cm³/mol. The number of Topliss-reactive ketones (excluding diaryl/α,β-unsaturated/α-hetero) is 1. The van der Waals surface area contributed by atoms with Gasteiger partial charge in [0.1, 0.15) is 0 Å². The highest BCUT2D eigenvalue weighted by molar-refractivity contribution is 5.94. The lowest BCUT2D eigenvalue weighted by Gasteiger charge is -2.38. The van der Waals surface area contributed by atoms with Gasteiger partial charge in [-0.2, -0.15) is 0 Å². The number of ketones is 1. The number of methoxy groups -OCH3 is 2. The van der Waals surface area contributed by atoms with Gasteiger partial charge in [0.05, 0.1) is 33.1 Å². The highest BCUT2D eigenvalue weighted by Gasteiger charge is 2.32. The van der Waals surface area contributed by atoms with Crippen LogP contribution in [0.15, 0.2) is 24.4 Å². The Hall–Kier alpha value is -3.43. The van der Waals surface area contributed by atoms with Gasteiger partial charge in [0.25, 0.3) is 0 Å². The Labute approximate surface area is 173 Å². The van der Waals surface area contributed by atoms with Crippen molar-refractivity contribution in [2.45, 2.75) is 25.8 Å². The Morgan fingerprint density at radius 2 is 1.93 bits per heavy atom. The summed E-state index contributed by atoms with van der Waals surface area (Å²) in [5.74, 6) is 0.458. The van der Waals surface area contributed by atoms with Gasteiger partial charge in [0.15, 0.2) is 23.0 Å². The number of esters is 1. The van der Waals surface area contributed by atoms with E-state index in [1.807, 2.05) is 0 Å². The summed E-state index contributed by atoms with van der Waals surface area (Å²) in [6.45, 7) is 2.88. The summed E-state index contributed by atoms with van der Waals surface area (Å²) in [4.78, 5) is 36.9. The molecule has 10 heteroatoms. The molecule has 0 spiro atoms. The van der Waals surface area contributed by atoms with E-state index in [9.17, 15) is 14.4 Å². The number of carbonyl (C=O) groups excluding carboxylic acids is 3. The van der Waals surface area contributed by atoms with E-state index in [-0.39, 0.29) is 23.4 Å². The molecule has 0 N–H and O–H groups in total. The maximum atomic E-state index is 12.3. The van der Waals surface area contributed by atoms with Crippen LogP contribution in [0.1, 0.15) is 46.7 Å². The van der Waals surface area contributed by atoms with Gasteiger partial charge in [-0.1, -0.05) is 5.21 Å². The van der Waals surface area contributed by atoms with Crippen molar-refractivity contribution >= 4 is 17.7 Å². The lowest BCUT2D eigenvalue weighted by atomic mass is 10.1. The Kier molecular flexibility index (Phi) is 6.65. The first kappa shape index (κ1) is 21.3. The highest BCUT2D eigenvalue weighted by atomic mass is 16.5. The van der Waals surface area contributed by atoms with Crippen molar-refractivity contribution in [1.82, 2.24) is 19.9 Å². The van der Waals surface area contributed by atoms with Crippen LogP contribution >= 0.6 is 0 Å². The third-order valence-corrected chi connectivity index (χ3v) is 4.86. The van der Waals surface area contributed by atoms with Crippen LogP contribution in [-0.2, 0) is 9.53 Å². The average Bonchev–Trinajstić information content (AvgIpc) is 3.19. The lowest BCUT2D eigenvalue weighted by molar-refractivity contribution is -0.137. The summed E-state index contributed by atoms with van der Waals surface area (Å²) >= 11 is 0. The topological polar surface area (TPSA) is 113 Å². The number of likely N-dealkylation sites (tertiary alicyclic amines) is 1. The fourth-order valence-electron chi connectivity index (χ4n) is 3.05. The van der Waals surface area contributed by atoms with Gasteiger partial charge < -0.3 is 19.1 Å². The number of ether oxygens (including phenoxy) is 3. The fraction of sp³-hybridized carbons (Fsp3) is 0.450. The molecule has 2 aromatic rings. The smallest absolute Gasteiger partial charge is 0.360 e. The molecule has 0 saturated carbocycles. The van der Waals surface area contributed by atoms with E-state index in [1.165, 1.54) is 27.3 Å². The number of rotatable bonds is 9. The van der Waals surface area contributed by atoms with Gasteiger partial charge in [-0.3, -0.25) is 9.59 Å². The zero-order chi connectivity index (χ0) is 21.7. The minimum Gasteiger partial charge on any atom is -0.493 e. The molecule has 2 heterocycles. The molecule has 1 aliphatic heterocycles. The summed E-state index contributed by atoms with van der Waals surface area (Å²) in [7, 11) is 2.80.